The van der Waals surface area contributed by atoms with Gasteiger partial charge in [0.15, 0.2) is 0 Å². The van der Waals surface area contributed by atoms with Crippen LogP contribution in [0.2, 0.25) is 0 Å². The molecule has 0 saturated heterocycles. The molecule has 1 saturated carbocycles. The van der Waals surface area contributed by atoms with E-state index in [1.54, 1.807) is 0 Å². The molecule has 1 aromatic heterocycles. The third kappa shape index (κ3) is 2.33. The highest BCUT2D eigenvalue weighted by molar-refractivity contribution is 5.35. The maximum atomic E-state index is 4.19. The number of aryl methyl sites for hydroxylation is 1. The molecule has 2 rings (SSSR count). The van der Waals surface area contributed by atoms with Gasteiger partial charge in [-0.25, -0.2) is 0 Å². The minimum absolute atomic E-state index is 0.652. The Morgan fingerprint density at radius 3 is 2.93 bits per heavy atom. The summed E-state index contributed by atoms with van der Waals surface area (Å²) < 4.78 is 1.92. The molecule has 0 aromatic carbocycles. The van der Waals surface area contributed by atoms with Gasteiger partial charge in [0, 0.05) is 19.2 Å². The molecular weight excluding hydrogens is 186 g/mol. The van der Waals surface area contributed by atoms with E-state index in [2.05, 4.69) is 23.4 Å². The number of anilines is 1. The third-order valence-electron chi connectivity index (χ3n) is 3.59. The molecule has 1 aromatic rings. The predicted octanol–water partition coefficient (Wildman–Crippen LogP) is 2.80. The van der Waals surface area contributed by atoms with Crippen molar-refractivity contribution >= 4 is 5.82 Å². The summed E-state index contributed by atoms with van der Waals surface area (Å²) in [7, 11) is 1.99. The summed E-state index contributed by atoms with van der Waals surface area (Å²) in [5.41, 5.74) is 0. The third-order valence-corrected chi connectivity index (χ3v) is 3.59. The second-order valence-corrected chi connectivity index (χ2v) is 4.54. The number of rotatable bonds is 3. The lowest BCUT2D eigenvalue weighted by molar-refractivity contribution is 0.316. The molecule has 1 aliphatic carbocycles. The van der Waals surface area contributed by atoms with Crippen LogP contribution in [0.25, 0.3) is 0 Å². The van der Waals surface area contributed by atoms with E-state index in [1.165, 1.54) is 32.1 Å². The first-order valence-corrected chi connectivity index (χ1v) is 6.05. The molecular formula is C12H21N3. The van der Waals surface area contributed by atoms with Crippen molar-refractivity contribution in [2.24, 2.45) is 13.0 Å². The van der Waals surface area contributed by atoms with E-state index in [0.29, 0.717) is 6.04 Å². The first-order chi connectivity index (χ1) is 7.31. The van der Waals surface area contributed by atoms with Crippen molar-refractivity contribution in [3.05, 3.63) is 12.3 Å². The number of aromatic nitrogens is 2. The fourth-order valence-electron chi connectivity index (χ4n) is 2.59. The Kier molecular flexibility index (Phi) is 3.29. The molecule has 1 heterocycles. The molecule has 0 bridgehead atoms. The molecule has 2 unspecified atom stereocenters. The van der Waals surface area contributed by atoms with Crippen molar-refractivity contribution in [3.63, 3.8) is 0 Å². The van der Waals surface area contributed by atoms with Crippen LogP contribution in [0.3, 0.4) is 0 Å². The highest BCUT2D eigenvalue weighted by atomic mass is 15.3. The highest BCUT2D eigenvalue weighted by Crippen LogP contribution is 2.29. The maximum absolute atomic E-state index is 4.19. The summed E-state index contributed by atoms with van der Waals surface area (Å²) in [6.45, 7) is 2.30. The van der Waals surface area contributed by atoms with E-state index in [9.17, 15) is 0 Å². The van der Waals surface area contributed by atoms with Gasteiger partial charge in [-0.05, 0) is 18.8 Å². The molecule has 84 valence electrons. The van der Waals surface area contributed by atoms with E-state index in [4.69, 9.17) is 0 Å². The Balaban J connectivity index is 2.00. The van der Waals surface area contributed by atoms with E-state index < -0.39 is 0 Å². The van der Waals surface area contributed by atoms with Crippen molar-refractivity contribution in [2.75, 3.05) is 5.32 Å². The van der Waals surface area contributed by atoms with Gasteiger partial charge in [-0.3, -0.25) is 4.68 Å². The molecule has 0 spiro atoms. The van der Waals surface area contributed by atoms with E-state index in [-0.39, 0.29) is 0 Å². The fourth-order valence-corrected chi connectivity index (χ4v) is 2.59. The average Bonchev–Trinajstić information content (AvgIpc) is 2.65. The lowest BCUT2D eigenvalue weighted by Crippen LogP contribution is -2.32. The number of hydrogen-bond donors (Lipinski definition) is 1. The van der Waals surface area contributed by atoms with Crippen molar-refractivity contribution < 1.29 is 0 Å². The lowest BCUT2D eigenvalue weighted by atomic mass is 9.83. The molecule has 2 atom stereocenters. The molecule has 0 radical (unpaired) electrons. The van der Waals surface area contributed by atoms with Gasteiger partial charge in [0.05, 0.1) is 6.20 Å². The van der Waals surface area contributed by atoms with Crippen molar-refractivity contribution in [2.45, 2.75) is 45.1 Å². The van der Waals surface area contributed by atoms with Crippen LogP contribution >= 0.6 is 0 Å². The SMILES string of the molecule is CCC1CCCCC1Nc1ccnn1C. The number of nitrogens with one attached hydrogen (secondary N) is 1. The van der Waals surface area contributed by atoms with Gasteiger partial charge in [-0.15, -0.1) is 0 Å². The van der Waals surface area contributed by atoms with Crippen molar-refractivity contribution in [1.82, 2.24) is 9.78 Å². The first kappa shape index (κ1) is 10.5. The Morgan fingerprint density at radius 2 is 2.27 bits per heavy atom. The maximum Gasteiger partial charge on any atom is 0.124 e. The Labute approximate surface area is 91.9 Å². The summed E-state index contributed by atoms with van der Waals surface area (Å²) in [5, 5.41) is 7.82. The zero-order chi connectivity index (χ0) is 10.7. The van der Waals surface area contributed by atoms with Gasteiger partial charge in [-0.2, -0.15) is 5.10 Å². The summed E-state index contributed by atoms with van der Waals surface area (Å²) in [4.78, 5) is 0. The van der Waals surface area contributed by atoms with Gasteiger partial charge in [0.1, 0.15) is 5.82 Å². The monoisotopic (exact) mass is 207 g/mol. The van der Waals surface area contributed by atoms with Crippen LogP contribution in [0.5, 0.6) is 0 Å². The molecule has 0 aliphatic heterocycles. The fraction of sp³-hybridized carbons (Fsp3) is 0.750. The van der Waals surface area contributed by atoms with E-state index >= 15 is 0 Å². The first-order valence-electron chi connectivity index (χ1n) is 6.05. The van der Waals surface area contributed by atoms with Crippen molar-refractivity contribution in [1.29, 1.82) is 0 Å². The van der Waals surface area contributed by atoms with Gasteiger partial charge in [-0.1, -0.05) is 26.2 Å². The second kappa shape index (κ2) is 4.69. The molecule has 3 nitrogen and oxygen atoms in total. The number of hydrogen-bond acceptors (Lipinski definition) is 2. The Morgan fingerprint density at radius 1 is 1.47 bits per heavy atom. The van der Waals surface area contributed by atoms with Gasteiger partial charge < -0.3 is 5.32 Å². The van der Waals surface area contributed by atoms with Gasteiger partial charge >= 0.3 is 0 Å². The molecule has 1 fully saturated rings. The Hall–Kier alpha value is -0.990. The zero-order valence-electron chi connectivity index (χ0n) is 9.74. The van der Waals surface area contributed by atoms with Crippen LogP contribution in [0, 0.1) is 5.92 Å². The van der Waals surface area contributed by atoms with Crippen molar-refractivity contribution in [3.8, 4) is 0 Å². The van der Waals surface area contributed by atoms with Gasteiger partial charge in [0.2, 0.25) is 0 Å². The second-order valence-electron chi connectivity index (χ2n) is 4.54. The van der Waals surface area contributed by atoms with Crippen LogP contribution < -0.4 is 5.32 Å². The summed E-state index contributed by atoms with van der Waals surface area (Å²) in [5.74, 6) is 1.99. The normalized spacial score (nSPS) is 26.5. The minimum Gasteiger partial charge on any atom is -0.367 e. The van der Waals surface area contributed by atoms with Gasteiger partial charge in [0.25, 0.3) is 0 Å². The van der Waals surface area contributed by atoms with Crippen LogP contribution in [-0.4, -0.2) is 15.8 Å². The van der Waals surface area contributed by atoms with E-state index in [1.807, 2.05) is 17.9 Å². The zero-order valence-corrected chi connectivity index (χ0v) is 9.74. The van der Waals surface area contributed by atoms with Crippen LogP contribution in [0.4, 0.5) is 5.82 Å². The summed E-state index contributed by atoms with van der Waals surface area (Å²) >= 11 is 0. The van der Waals surface area contributed by atoms with Crippen LogP contribution in [0.15, 0.2) is 12.3 Å². The Bertz CT molecular complexity index is 306. The van der Waals surface area contributed by atoms with Crippen LogP contribution in [-0.2, 0) is 7.05 Å². The van der Waals surface area contributed by atoms with Crippen LogP contribution in [0.1, 0.15) is 39.0 Å². The molecule has 1 N–H and O–H groups in total. The number of nitrogens with zero attached hydrogens (tertiary/aromatic N) is 2. The highest BCUT2D eigenvalue weighted by Gasteiger charge is 2.23. The van der Waals surface area contributed by atoms with E-state index in [0.717, 1.165) is 11.7 Å². The summed E-state index contributed by atoms with van der Waals surface area (Å²) in [6.07, 6.45) is 8.60. The predicted molar refractivity (Wildman–Crippen MR) is 62.9 cm³/mol. The topological polar surface area (TPSA) is 29.9 Å². The molecule has 0 amide bonds. The summed E-state index contributed by atoms with van der Waals surface area (Å²) in [6, 6.07) is 2.71. The minimum atomic E-state index is 0.652. The molecule has 1 aliphatic rings. The quantitative estimate of drug-likeness (QED) is 0.826. The standard InChI is InChI=1S/C12H21N3/c1-3-10-6-4-5-7-11(10)14-12-8-9-13-15(12)2/h8-11,14H,3-7H2,1-2H3. The average molecular weight is 207 g/mol. The molecule has 3 heteroatoms. The molecule has 15 heavy (non-hydrogen) atoms. The lowest BCUT2D eigenvalue weighted by Gasteiger charge is -2.32. The largest absolute Gasteiger partial charge is 0.367 e. The smallest absolute Gasteiger partial charge is 0.124 e.